The van der Waals surface area contributed by atoms with Crippen molar-refractivity contribution >= 4 is 10.1 Å². The predicted molar refractivity (Wildman–Crippen MR) is 109 cm³/mol. The Morgan fingerprint density at radius 1 is 0.667 bits per heavy atom. The van der Waals surface area contributed by atoms with Gasteiger partial charge in [0.2, 0.25) is 0 Å². The van der Waals surface area contributed by atoms with Gasteiger partial charge in [-0.15, -0.1) is 0 Å². The first-order valence-electron chi connectivity index (χ1n) is 11.1. The van der Waals surface area contributed by atoms with Crippen molar-refractivity contribution in [3.8, 4) is 0 Å². The molecule has 0 spiro atoms. The van der Waals surface area contributed by atoms with Gasteiger partial charge in [0.05, 0.1) is 16.2 Å². The molecule has 158 valence electrons. The summed E-state index contributed by atoms with van der Waals surface area (Å²) < 4.78 is 31.4. The van der Waals surface area contributed by atoms with Crippen molar-refractivity contribution in [3.05, 3.63) is 0 Å². The van der Waals surface area contributed by atoms with Crippen LogP contribution in [0.4, 0.5) is 0 Å². The average molecular weight is 415 g/mol. The molecule has 0 amide bonds. The third kappa shape index (κ3) is 26.9. The van der Waals surface area contributed by atoms with Crippen molar-refractivity contribution in [2.45, 2.75) is 129 Å². The number of hydrogen-bond donors (Lipinski definition) is 1. The fraction of sp³-hybridized carbons (Fsp3) is 1.00. The molecule has 0 aliphatic rings. The second-order valence-corrected chi connectivity index (χ2v) is 9.32. The number of unbranched alkanes of at least 4 members (excludes halogenated alkanes) is 14. The zero-order valence-electron chi connectivity index (χ0n) is 18.1. The Bertz CT molecular complexity index is 388. The molecule has 0 aliphatic carbocycles. The van der Waals surface area contributed by atoms with Gasteiger partial charge < -0.3 is 9.66 Å². The maximum absolute atomic E-state index is 10.5. The van der Waals surface area contributed by atoms with Gasteiger partial charge in [-0.1, -0.05) is 103 Å². The Morgan fingerprint density at radius 2 is 1.00 bits per heavy atom. The molecule has 6 heteroatoms. The normalized spacial score (nSPS) is 12.7. The van der Waals surface area contributed by atoms with E-state index >= 15 is 0 Å². The zero-order chi connectivity index (χ0) is 19.5. The summed E-state index contributed by atoms with van der Waals surface area (Å²) in [6.07, 6.45) is 20.8. The van der Waals surface area contributed by atoms with Crippen LogP contribution in [-0.2, 0) is 10.1 Å². The van der Waals surface area contributed by atoms with Crippen molar-refractivity contribution in [1.29, 1.82) is 0 Å². The van der Waals surface area contributed by atoms with E-state index in [4.69, 9.17) is 0 Å². The fourth-order valence-corrected chi connectivity index (χ4v) is 3.99. The van der Waals surface area contributed by atoms with Crippen molar-refractivity contribution in [3.63, 3.8) is 0 Å². The largest absolute Gasteiger partial charge is 1.00 e. The van der Waals surface area contributed by atoms with Crippen LogP contribution in [-0.4, -0.2) is 29.9 Å². The zero-order valence-corrected chi connectivity index (χ0v) is 20.9. The summed E-state index contributed by atoms with van der Waals surface area (Å²) in [6, 6.07) is 0. The molecule has 0 aliphatic heterocycles. The maximum atomic E-state index is 10.5. The van der Waals surface area contributed by atoms with Crippen LogP contribution in [0.1, 0.15) is 122 Å². The van der Waals surface area contributed by atoms with E-state index < -0.39 is 10.1 Å². The van der Waals surface area contributed by atoms with Gasteiger partial charge in [0.25, 0.3) is 0 Å². The van der Waals surface area contributed by atoms with Crippen molar-refractivity contribution in [2.75, 3.05) is 5.75 Å². The van der Waals surface area contributed by atoms with E-state index in [2.05, 4.69) is 6.92 Å². The van der Waals surface area contributed by atoms with Gasteiger partial charge in [-0.25, -0.2) is 8.42 Å². The van der Waals surface area contributed by atoms with E-state index in [0.717, 1.165) is 38.5 Å². The van der Waals surface area contributed by atoms with E-state index in [-0.39, 0.29) is 41.4 Å². The molecule has 0 radical (unpaired) electrons. The maximum Gasteiger partial charge on any atom is 1.00 e. The topological polar surface area (TPSA) is 77.4 Å². The second-order valence-electron chi connectivity index (χ2n) is 7.80. The van der Waals surface area contributed by atoms with Crippen molar-refractivity contribution in [2.24, 2.45) is 0 Å². The van der Waals surface area contributed by atoms with E-state index in [1.165, 1.54) is 70.6 Å². The molecule has 0 heterocycles. The molecule has 0 fully saturated rings. The summed E-state index contributed by atoms with van der Waals surface area (Å²) in [5.41, 5.74) is 0. The molecular weight excluding hydrogens is 371 g/mol. The van der Waals surface area contributed by atoms with Gasteiger partial charge in [0, 0.05) is 5.75 Å². The molecule has 4 nitrogen and oxygen atoms in total. The first-order chi connectivity index (χ1) is 12.5. The van der Waals surface area contributed by atoms with Crippen LogP contribution >= 0.6 is 0 Å². The van der Waals surface area contributed by atoms with Gasteiger partial charge in [-0.05, 0) is 19.3 Å². The van der Waals surface area contributed by atoms with E-state index in [1.807, 2.05) is 0 Å². The summed E-state index contributed by atoms with van der Waals surface area (Å²) in [7, 11) is -4.01. The van der Waals surface area contributed by atoms with Crippen LogP contribution in [0.3, 0.4) is 0 Å². The Kier molecular flexibility index (Phi) is 24.0. The smallest absolute Gasteiger partial charge is 0.748 e. The molecule has 1 N–H and O–H groups in total. The van der Waals surface area contributed by atoms with Crippen LogP contribution in [0, 0.1) is 0 Å². The fourth-order valence-electron chi connectivity index (χ4n) is 3.43. The molecule has 0 aromatic rings. The third-order valence-electron chi connectivity index (χ3n) is 5.05. The standard InChI is InChI=1S/C21H44O4S.Na/c1-2-18-21(22)19-16-14-12-10-8-6-4-3-5-7-9-11-13-15-17-20-26(23,24)25;/h21-22H,2-20H2,1H3,(H,23,24,25);/q;+1/p-1. The summed E-state index contributed by atoms with van der Waals surface area (Å²) in [6.45, 7) is 2.12. The van der Waals surface area contributed by atoms with Gasteiger partial charge >= 0.3 is 29.6 Å². The predicted octanol–water partition coefficient (Wildman–Crippen LogP) is 2.94. The van der Waals surface area contributed by atoms with E-state index in [9.17, 15) is 18.1 Å². The van der Waals surface area contributed by atoms with Gasteiger partial charge in [-0.3, -0.25) is 0 Å². The molecule has 0 aromatic carbocycles. The molecule has 0 saturated carbocycles. The molecular formula is C21H43NaO4S. The summed E-state index contributed by atoms with van der Waals surface area (Å²) in [5, 5.41) is 9.66. The van der Waals surface area contributed by atoms with Crippen LogP contribution in [0.2, 0.25) is 0 Å². The Hall–Kier alpha value is 0.870. The SMILES string of the molecule is CCCC(O)CCCCCCCCCCCCCCCCCS(=O)(=O)[O-].[Na+]. The van der Waals surface area contributed by atoms with Gasteiger partial charge in [-0.2, -0.15) is 0 Å². The van der Waals surface area contributed by atoms with Gasteiger partial charge in [0.15, 0.2) is 0 Å². The summed E-state index contributed by atoms with van der Waals surface area (Å²) in [5.74, 6) is -0.201. The van der Waals surface area contributed by atoms with Crippen LogP contribution in [0.25, 0.3) is 0 Å². The minimum absolute atomic E-state index is 0. The second kappa shape index (κ2) is 21.6. The van der Waals surface area contributed by atoms with Crippen LogP contribution in [0.5, 0.6) is 0 Å². The number of aliphatic hydroxyl groups is 1. The molecule has 0 rings (SSSR count). The Balaban J connectivity index is 0. The summed E-state index contributed by atoms with van der Waals surface area (Å²) >= 11 is 0. The Morgan fingerprint density at radius 3 is 1.33 bits per heavy atom. The monoisotopic (exact) mass is 414 g/mol. The van der Waals surface area contributed by atoms with E-state index in [1.54, 1.807) is 0 Å². The number of aliphatic hydroxyl groups excluding tert-OH is 1. The number of rotatable bonds is 20. The Labute approximate surface area is 191 Å². The molecule has 1 unspecified atom stereocenters. The molecule has 1 atom stereocenters. The average Bonchev–Trinajstić information content (AvgIpc) is 2.57. The minimum Gasteiger partial charge on any atom is -0.748 e. The van der Waals surface area contributed by atoms with Crippen LogP contribution in [0.15, 0.2) is 0 Å². The van der Waals surface area contributed by atoms with Crippen LogP contribution < -0.4 is 29.6 Å². The van der Waals surface area contributed by atoms with Crippen molar-refractivity contribution < 1.29 is 47.6 Å². The van der Waals surface area contributed by atoms with Gasteiger partial charge in [0.1, 0.15) is 0 Å². The third-order valence-corrected chi connectivity index (χ3v) is 5.84. The summed E-state index contributed by atoms with van der Waals surface area (Å²) in [4.78, 5) is 0. The molecule has 0 bridgehead atoms. The minimum atomic E-state index is -4.01. The first kappa shape index (κ1) is 30.1. The van der Waals surface area contributed by atoms with Crippen molar-refractivity contribution in [1.82, 2.24) is 0 Å². The molecule has 0 saturated heterocycles. The first-order valence-corrected chi connectivity index (χ1v) is 12.6. The molecule has 0 aromatic heterocycles. The number of hydrogen-bond acceptors (Lipinski definition) is 4. The molecule has 27 heavy (non-hydrogen) atoms. The quantitative estimate of drug-likeness (QED) is 0.189. The van der Waals surface area contributed by atoms with E-state index in [0.29, 0.717) is 6.42 Å².